The maximum atomic E-state index is 12.6. The van der Waals surface area contributed by atoms with E-state index in [0.29, 0.717) is 22.1 Å². The second-order valence-electron chi connectivity index (χ2n) is 7.59. The second-order valence-corrected chi connectivity index (χ2v) is 8.86. The van der Waals surface area contributed by atoms with E-state index in [1.807, 2.05) is 45.0 Å². The average Bonchev–Trinajstić information content (AvgIpc) is 3.20. The molecule has 0 bridgehead atoms. The van der Waals surface area contributed by atoms with Gasteiger partial charge in [-0.15, -0.1) is 0 Å². The van der Waals surface area contributed by atoms with Gasteiger partial charge in [0, 0.05) is 10.0 Å². The van der Waals surface area contributed by atoms with E-state index in [1.54, 1.807) is 30.3 Å². The molecule has 2 amide bonds. The molecule has 1 atom stereocenters. The average molecular weight is 517 g/mol. The van der Waals surface area contributed by atoms with Gasteiger partial charge >= 0.3 is 0 Å². The minimum Gasteiger partial charge on any atom is -0.455 e. The Morgan fingerprint density at radius 2 is 1.88 bits per heavy atom. The van der Waals surface area contributed by atoms with Crippen molar-refractivity contribution in [2.45, 2.75) is 26.8 Å². The molecule has 6 nitrogen and oxygen atoms in total. The van der Waals surface area contributed by atoms with Gasteiger partial charge in [0.05, 0.1) is 16.8 Å². The molecule has 3 aromatic rings. The molecule has 0 aliphatic heterocycles. The van der Waals surface area contributed by atoms with Gasteiger partial charge in [0.15, 0.2) is 0 Å². The topological polar surface area (TPSA) is 83.7 Å². The van der Waals surface area contributed by atoms with Gasteiger partial charge in [0.1, 0.15) is 17.6 Å². The van der Waals surface area contributed by atoms with Gasteiger partial charge in [-0.1, -0.05) is 59.6 Å². The molecule has 1 aromatic heterocycles. The van der Waals surface area contributed by atoms with Crippen molar-refractivity contribution in [3.8, 4) is 11.3 Å². The molecule has 8 heteroatoms. The molecule has 3 rings (SSSR count). The Morgan fingerprint density at radius 3 is 2.56 bits per heavy atom. The van der Waals surface area contributed by atoms with E-state index >= 15 is 0 Å². The number of hydrogen-bond acceptors (Lipinski definition) is 4. The van der Waals surface area contributed by atoms with E-state index in [4.69, 9.17) is 16.0 Å². The molecule has 0 radical (unpaired) electrons. The van der Waals surface area contributed by atoms with Crippen LogP contribution in [0.15, 0.2) is 68.6 Å². The Labute approximate surface area is 200 Å². The van der Waals surface area contributed by atoms with Crippen LogP contribution in [0.25, 0.3) is 11.3 Å². The van der Waals surface area contributed by atoms with Crippen molar-refractivity contribution in [3.05, 3.63) is 81.0 Å². The number of carbonyl (C=O) groups is 2. The summed E-state index contributed by atoms with van der Waals surface area (Å²) < 4.78 is 6.73. The fourth-order valence-corrected chi connectivity index (χ4v) is 3.93. The summed E-state index contributed by atoms with van der Waals surface area (Å²) in [7, 11) is 0. The molecule has 0 saturated carbocycles. The number of amides is 2. The highest BCUT2D eigenvalue weighted by Crippen LogP contribution is 2.30. The number of rotatable bonds is 7. The van der Waals surface area contributed by atoms with Gasteiger partial charge in [-0.2, -0.15) is 5.10 Å². The summed E-state index contributed by atoms with van der Waals surface area (Å²) in [4.78, 5) is 25.2. The summed E-state index contributed by atoms with van der Waals surface area (Å²) in [6, 6.07) is 15.5. The second kappa shape index (κ2) is 10.6. The molecular weight excluding hydrogens is 494 g/mol. The van der Waals surface area contributed by atoms with Crippen molar-refractivity contribution in [1.82, 2.24) is 10.7 Å². The fourth-order valence-electron chi connectivity index (χ4n) is 3.02. The summed E-state index contributed by atoms with van der Waals surface area (Å²) in [6.45, 7) is 5.68. The monoisotopic (exact) mass is 515 g/mol. The normalized spacial score (nSPS) is 12.2. The smallest absolute Gasteiger partial charge is 0.262 e. The molecule has 166 valence electrons. The summed E-state index contributed by atoms with van der Waals surface area (Å²) in [6.07, 6.45) is 1.41. The first kappa shape index (κ1) is 23.8. The van der Waals surface area contributed by atoms with E-state index in [1.165, 1.54) is 6.21 Å². The summed E-state index contributed by atoms with van der Waals surface area (Å²) >= 11 is 9.62. The molecule has 0 unspecified atom stereocenters. The molecule has 2 aromatic carbocycles. The predicted molar refractivity (Wildman–Crippen MR) is 130 cm³/mol. The third kappa shape index (κ3) is 5.87. The Bertz CT molecular complexity index is 1160. The van der Waals surface area contributed by atoms with Crippen molar-refractivity contribution in [2.75, 3.05) is 0 Å². The molecule has 0 spiro atoms. The van der Waals surface area contributed by atoms with Crippen molar-refractivity contribution >= 4 is 45.6 Å². The van der Waals surface area contributed by atoms with Gasteiger partial charge in [-0.3, -0.25) is 9.59 Å². The van der Waals surface area contributed by atoms with Crippen LogP contribution in [0.2, 0.25) is 5.02 Å². The lowest BCUT2D eigenvalue weighted by Gasteiger charge is -2.20. The van der Waals surface area contributed by atoms with E-state index in [0.717, 1.165) is 15.6 Å². The molecule has 0 fully saturated rings. The molecular formula is C24H23BrClN3O3. The highest BCUT2D eigenvalue weighted by molar-refractivity contribution is 9.10. The van der Waals surface area contributed by atoms with Crippen LogP contribution in [-0.4, -0.2) is 24.1 Å². The summed E-state index contributed by atoms with van der Waals surface area (Å²) in [5.41, 5.74) is 4.83. The lowest BCUT2D eigenvalue weighted by Crippen LogP contribution is -2.48. The number of benzene rings is 2. The SMILES string of the molecule is Cc1ccc(-c2ccc(/C=N\NC(=O)[C@H](NC(=O)c3ccccc3Cl)C(C)C)o2)c(Br)c1. The van der Waals surface area contributed by atoms with Gasteiger partial charge in [0.25, 0.3) is 11.8 Å². The van der Waals surface area contributed by atoms with Crippen LogP contribution in [0.4, 0.5) is 0 Å². The number of furan rings is 1. The van der Waals surface area contributed by atoms with Crippen LogP contribution in [0.1, 0.15) is 35.5 Å². The third-order valence-electron chi connectivity index (χ3n) is 4.74. The first-order valence-electron chi connectivity index (χ1n) is 10.0. The zero-order valence-electron chi connectivity index (χ0n) is 17.9. The van der Waals surface area contributed by atoms with Crippen LogP contribution in [0.3, 0.4) is 0 Å². The minimum atomic E-state index is -0.786. The number of hydrogen-bond donors (Lipinski definition) is 2. The van der Waals surface area contributed by atoms with Crippen molar-refractivity contribution in [2.24, 2.45) is 11.0 Å². The first-order chi connectivity index (χ1) is 15.3. The van der Waals surface area contributed by atoms with Crippen LogP contribution in [0, 0.1) is 12.8 Å². The van der Waals surface area contributed by atoms with Crippen molar-refractivity contribution < 1.29 is 14.0 Å². The van der Waals surface area contributed by atoms with Crippen molar-refractivity contribution in [1.29, 1.82) is 0 Å². The quantitative estimate of drug-likeness (QED) is 0.318. The van der Waals surface area contributed by atoms with Crippen LogP contribution in [-0.2, 0) is 4.79 Å². The fraction of sp³-hybridized carbons (Fsp3) is 0.208. The first-order valence-corrected chi connectivity index (χ1v) is 11.2. The molecule has 32 heavy (non-hydrogen) atoms. The Morgan fingerprint density at radius 1 is 1.12 bits per heavy atom. The van der Waals surface area contributed by atoms with Gasteiger partial charge in [-0.05, 0) is 54.8 Å². The van der Waals surface area contributed by atoms with E-state index in [2.05, 4.69) is 31.8 Å². The lowest BCUT2D eigenvalue weighted by molar-refractivity contribution is -0.123. The Hall–Kier alpha value is -2.90. The molecule has 2 N–H and O–H groups in total. The molecule has 0 aliphatic rings. The van der Waals surface area contributed by atoms with Gasteiger partial charge in [-0.25, -0.2) is 5.43 Å². The number of halogens is 2. The highest BCUT2D eigenvalue weighted by Gasteiger charge is 2.25. The maximum Gasteiger partial charge on any atom is 0.262 e. The Balaban J connectivity index is 1.65. The van der Waals surface area contributed by atoms with E-state index in [-0.39, 0.29) is 5.92 Å². The number of hydrazone groups is 1. The van der Waals surface area contributed by atoms with Crippen molar-refractivity contribution in [3.63, 3.8) is 0 Å². The standard InChI is InChI=1S/C24H23BrClN3O3/c1-14(2)22(28-23(30)18-6-4-5-7-20(18)26)24(31)29-27-13-16-9-11-21(32-16)17-10-8-15(3)12-19(17)25/h4-14,22H,1-3H3,(H,28,30)(H,29,31)/b27-13-/t22-/m1/s1. The molecule has 1 heterocycles. The highest BCUT2D eigenvalue weighted by atomic mass is 79.9. The number of carbonyl (C=O) groups excluding carboxylic acids is 2. The van der Waals surface area contributed by atoms with Crippen LogP contribution < -0.4 is 10.7 Å². The van der Waals surface area contributed by atoms with E-state index < -0.39 is 17.9 Å². The third-order valence-corrected chi connectivity index (χ3v) is 5.72. The molecule has 0 saturated heterocycles. The number of nitrogens with one attached hydrogen (secondary N) is 2. The van der Waals surface area contributed by atoms with Crippen LogP contribution >= 0.6 is 27.5 Å². The molecule has 0 aliphatic carbocycles. The zero-order valence-corrected chi connectivity index (χ0v) is 20.2. The largest absolute Gasteiger partial charge is 0.455 e. The number of aryl methyl sites for hydroxylation is 1. The van der Waals surface area contributed by atoms with E-state index in [9.17, 15) is 9.59 Å². The zero-order chi connectivity index (χ0) is 23.3. The lowest BCUT2D eigenvalue weighted by atomic mass is 10.0. The number of nitrogens with zero attached hydrogens (tertiary/aromatic N) is 1. The minimum absolute atomic E-state index is 0.161. The van der Waals surface area contributed by atoms with Gasteiger partial charge in [0.2, 0.25) is 0 Å². The predicted octanol–water partition coefficient (Wildman–Crippen LogP) is 5.58. The Kier molecular flexibility index (Phi) is 7.88. The maximum absolute atomic E-state index is 12.6. The summed E-state index contributed by atoms with van der Waals surface area (Å²) in [5.74, 6) is 0.133. The summed E-state index contributed by atoms with van der Waals surface area (Å²) in [5, 5.41) is 7.02. The van der Waals surface area contributed by atoms with Gasteiger partial charge < -0.3 is 9.73 Å². The van der Waals surface area contributed by atoms with Crippen LogP contribution in [0.5, 0.6) is 0 Å².